The first kappa shape index (κ1) is 13.0. The number of likely N-dealkylation sites (tertiary alicyclic amines) is 1. The Hall–Kier alpha value is -0.0800. The molecule has 0 aromatic heterocycles. The maximum atomic E-state index is 3.48. The first-order chi connectivity index (χ1) is 7.26. The van der Waals surface area contributed by atoms with Crippen LogP contribution in [0.1, 0.15) is 46.5 Å². The summed E-state index contributed by atoms with van der Waals surface area (Å²) >= 11 is 0. The molecule has 1 saturated heterocycles. The number of rotatable bonds is 7. The fourth-order valence-electron chi connectivity index (χ4n) is 2.58. The summed E-state index contributed by atoms with van der Waals surface area (Å²) in [5.74, 6) is 0. The van der Waals surface area contributed by atoms with Crippen LogP contribution in [-0.2, 0) is 0 Å². The van der Waals surface area contributed by atoms with E-state index in [2.05, 4.69) is 31.0 Å². The monoisotopic (exact) mass is 212 g/mol. The van der Waals surface area contributed by atoms with E-state index in [9.17, 15) is 0 Å². The van der Waals surface area contributed by atoms with E-state index in [-0.39, 0.29) is 0 Å². The average molecular weight is 212 g/mol. The van der Waals surface area contributed by atoms with Crippen molar-refractivity contribution in [2.24, 2.45) is 5.41 Å². The molecule has 0 saturated carbocycles. The van der Waals surface area contributed by atoms with Crippen molar-refractivity contribution in [2.45, 2.75) is 46.5 Å². The smallest absolute Gasteiger partial charge is 0.0107 e. The average Bonchev–Trinajstić information content (AvgIpc) is 2.69. The van der Waals surface area contributed by atoms with Crippen LogP contribution in [0.5, 0.6) is 0 Å². The first-order valence-corrected chi connectivity index (χ1v) is 6.69. The van der Waals surface area contributed by atoms with Gasteiger partial charge >= 0.3 is 0 Å². The van der Waals surface area contributed by atoms with Crippen molar-refractivity contribution in [2.75, 3.05) is 32.7 Å². The third-order valence-electron chi connectivity index (χ3n) is 4.05. The van der Waals surface area contributed by atoms with Crippen LogP contribution in [-0.4, -0.2) is 37.6 Å². The summed E-state index contributed by atoms with van der Waals surface area (Å²) in [7, 11) is 0. The molecule has 15 heavy (non-hydrogen) atoms. The van der Waals surface area contributed by atoms with E-state index in [0.29, 0.717) is 5.41 Å². The molecule has 1 heterocycles. The molecule has 1 N–H and O–H groups in total. The largest absolute Gasteiger partial charge is 0.315 e. The van der Waals surface area contributed by atoms with Gasteiger partial charge < -0.3 is 10.2 Å². The minimum Gasteiger partial charge on any atom is -0.315 e. The topological polar surface area (TPSA) is 15.3 Å². The van der Waals surface area contributed by atoms with Crippen LogP contribution in [0.15, 0.2) is 0 Å². The lowest BCUT2D eigenvalue weighted by molar-refractivity contribution is 0.240. The molecule has 0 atom stereocenters. The van der Waals surface area contributed by atoms with Crippen molar-refractivity contribution in [3.8, 4) is 0 Å². The molecule has 0 aromatic rings. The summed E-state index contributed by atoms with van der Waals surface area (Å²) < 4.78 is 0. The number of nitrogens with zero attached hydrogens (tertiary/aromatic N) is 1. The van der Waals surface area contributed by atoms with Gasteiger partial charge in [0.25, 0.3) is 0 Å². The van der Waals surface area contributed by atoms with Gasteiger partial charge in [0, 0.05) is 19.6 Å². The molecule has 1 rings (SSSR count). The van der Waals surface area contributed by atoms with Crippen LogP contribution >= 0.6 is 0 Å². The van der Waals surface area contributed by atoms with Gasteiger partial charge in [0.1, 0.15) is 0 Å². The van der Waals surface area contributed by atoms with E-state index in [0.717, 1.165) is 6.54 Å². The Bertz CT molecular complexity index is 164. The second-order valence-corrected chi connectivity index (χ2v) is 4.98. The highest BCUT2D eigenvalue weighted by molar-refractivity contribution is 4.87. The van der Waals surface area contributed by atoms with Crippen LogP contribution in [0.2, 0.25) is 0 Å². The zero-order valence-corrected chi connectivity index (χ0v) is 10.8. The Morgan fingerprint density at radius 3 is 2.40 bits per heavy atom. The third-order valence-corrected chi connectivity index (χ3v) is 4.05. The highest BCUT2D eigenvalue weighted by atomic mass is 15.2. The van der Waals surface area contributed by atoms with Gasteiger partial charge in [-0.15, -0.1) is 0 Å². The van der Waals surface area contributed by atoms with Crippen LogP contribution in [0.25, 0.3) is 0 Å². The molecule has 1 aliphatic rings. The number of nitrogens with one attached hydrogen (secondary N) is 1. The molecule has 0 aromatic carbocycles. The third kappa shape index (κ3) is 3.76. The second kappa shape index (κ2) is 6.49. The van der Waals surface area contributed by atoms with E-state index in [1.54, 1.807) is 0 Å². The zero-order valence-electron chi connectivity index (χ0n) is 10.8. The Kier molecular flexibility index (Phi) is 5.62. The number of hydrogen-bond donors (Lipinski definition) is 1. The van der Waals surface area contributed by atoms with Crippen molar-refractivity contribution in [1.82, 2.24) is 10.2 Å². The van der Waals surface area contributed by atoms with Crippen LogP contribution in [0.3, 0.4) is 0 Å². The van der Waals surface area contributed by atoms with Gasteiger partial charge in [-0.3, -0.25) is 0 Å². The Morgan fingerprint density at radius 1 is 1.13 bits per heavy atom. The van der Waals surface area contributed by atoms with Crippen LogP contribution in [0, 0.1) is 5.41 Å². The molecular formula is C13H28N2. The molecule has 1 aliphatic heterocycles. The van der Waals surface area contributed by atoms with Crippen molar-refractivity contribution >= 4 is 0 Å². The maximum absolute atomic E-state index is 3.48. The predicted molar refractivity (Wildman–Crippen MR) is 67.2 cm³/mol. The molecule has 90 valence electrons. The molecular weight excluding hydrogens is 184 g/mol. The highest BCUT2D eigenvalue weighted by Crippen LogP contribution is 2.36. The highest BCUT2D eigenvalue weighted by Gasteiger charge is 2.34. The molecule has 2 nitrogen and oxygen atoms in total. The van der Waals surface area contributed by atoms with Gasteiger partial charge in [0.2, 0.25) is 0 Å². The SMILES string of the molecule is CCCNCCN1CCC(CC)(CC)C1. The predicted octanol–water partition coefficient (Wildman–Crippen LogP) is 2.50. The summed E-state index contributed by atoms with van der Waals surface area (Å²) in [5.41, 5.74) is 0.644. The Balaban J connectivity index is 2.18. The quantitative estimate of drug-likeness (QED) is 0.652. The molecule has 0 radical (unpaired) electrons. The van der Waals surface area contributed by atoms with Gasteiger partial charge in [-0.05, 0) is 44.2 Å². The minimum absolute atomic E-state index is 0.644. The molecule has 0 unspecified atom stereocenters. The van der Waals surface area contributed by atoms with Crippen LogP contribution in [0.4, 0.5) is 0 Å². The van der Waals surface area contributed by atoms with Gasteiger partial charge in [0.15, 0.2) is 0 Å². The second-order valence-electron chi connectivity index (χ2n) is 4.98. The van der Waals surface area contributed by atoms with E-state index >= 15 is 0 Å². The Labute approximate surface area is 95.4 Å². The van der Waals surface area contributed by atoms with E-state index in [1.165, 1.54) is 51.9 Å². The summed E-state index contributed by atoms with van der Waals surface area (Å²) in [6.45, 7) is 13.1. The van der Waals surface area contributed by atoms with Crippen molar-refractivity contribution < 1.29 is 0 Å². The van der Waals surface area contributed by atoms with E-state index < -0.39 is 0 Å². The summed E-state index contributed by atoms with van der Waals surface area (Å²) in [5, 5.41) is 3.48. The lowest BCUT2D eigenvalue weighted by atomic mass is 9.82. The van der Waals surface area contributed by atoms with E-state index in [1.807, 2.05) is 0 Å². The fourth-order valence-corrected chi connectivity index (χ4v) is 2.58. The molecule has 2 heteroatoms. The molecule has 0 bridgehead atoms. The summed E-state index contributed by atoms with van der Waals surface area (Å²) in [6, 6.07) is 0. The lowest BCUT2D eigenvalue weighted by Gasteiger charge is -2.26. The standard InChI is InChI=1S/C13H28N2/c1-4-8-14-9-11-15-10-7-13(5-2,6-3)12-15/h14H,4-12H2,1-3H3. The Morgan fingerprint density at radius 2 is 1.87 bits per heavy atom. The molecule has 0 aliphatic carbocycles. The maximum Gasteiger partial charge on any atom is 0.0107 e. The van der Waals surface area contributed by atoms with Crippen molar-refractivity contribution in [3.05, 3.63) is 0 Å². The molecule has 1 fully saturated rings. The number of hydrogen-bond acceptors (Lipinski definition) is 2. The summed E-state index contributed by atoms with van der Waals surface area (Å²) in [4.78, 5) is 2.63. The first-order valence-electron chi connectivity index (χ1n) is 6.69. The minimum atomic E-state index is 0.644. The summed E-state index contributed by atoms with van der Waals surface area (Å²) in [6.07, 6.45) is 5.35. The van der Waals surface area contributed by atoms with Gasteiger partial charge in [-0.25, -0.2) is 0 Å². The van der Waals surface area contributed by atoms with E-state index in [4.69, 9.17) is 0 Å². The normalized spacial score (nSPS) is 21.0. The molecule has 0 spiro atoms. The van der Waals surface area contributed by atoms with Gasteiger partial charge in [0.05, 0.1) is 0 Å². The van der Waals surface area contributed by atoms with Gasteiger partial charge in [-0.2, -0.15) is 0 Å². The molecule has 0 amide bonds. The fraction of sp³-hybridized carbons (Fsp3) is 1.00. The van der Waals surface area contributed by atoms with Crippen LogP contribution < -0.4 is 5.32 Å². The van der Waals surface area contributed by atoms with Crippen molar-refractivity contribution in [1.29, 1.82) is 0 Å². The van der Waals surface area contributed by atoms with Gasteiger partial charge in [-0.1, -0.05) is 20.8 Å². The zero-order chi connectivity index (χ0) is 11.1. The lowest BCUT2D eigenvalue weighted by Crippen LogP contribution is -2.32. The van der Waals surface area contributed by atoms with Crippen molar-refractivity contribution in [3.63, 3.8) is 0 Å².